The maximum Gasteiger partial charge on any atom is 0.243 e. The van der Waals surface area contributed by atoms with Crippen molar-refractivity contribution in [1.82, 2.24) is 4.31 Å². The highest BCUT2D eigenvalue weighted by Crippen LogP contribution is 2.23. The van der Waals surface area contributed by atoms with E-state index >= 15 is 0 Å². The molecule has 4 nitrogen and oxygen atoms in total. The number of hydrogen-bond acceptors (Lipinski definition) is 3. The molecule has 1 aromatic carbocycles. The minimum absolute atomic E-state index is 0.0902. The minimum atomic E-state index is -3.44. The summed E-state index contributed by atoms with van der Waals surface area (Å²) in [5.74, 6) is 0. The van der Waals surface area contributed by atoms with E-state index in [0.717, 1.165) is 11.1 Å². The van der Waals surface area contributed by atoms with Crippen LogP contribution in [0.4, 0.5) is 0 Å². The SMILES string of the molecule is Cc1ccc(S(=O)(=O)N2CC(C)OC(CBr)C2)cc1C. The highest BCUT2D eigenvalue weighted by atomic mass is 79.9. The maximum atomic E-state index is 12.7. The lowest BCUT2D eigenvalue weighted by atomic mass is 10.1. The molecule has 0 N–H and O–H groups in total. The largest absolute Gasteiger partial charge is 0.372 e. The van der Waals surface area contributed by atoms with E-state index in [9.17, 15) is 8.42 Å². The number of rotatable bonds is 3. The van der Waals surface area contributed by atoms with Gasteiger partial charge in [-0.2, -0.15) is 4.31 Å². The average molecular weight is 362 g/mol. The van der Waals surface area contributed by atoms with Gasteiger partial charge in [0.2, 0.25) is 10.0 Å². The predicted octanol–water partition coefficient (Wildman–Crippen LogP) is 2.48. The lowest BCUT2D eigenvalue weighted by Gasteiger charge is -2.35. The van der Waals surface area contributed by atoms with Crippen molar-refractivity contribution < 1.29 is 13.2 Å². The normalized spacial score (nSPS) is 24.8. The Morgan fingerprint density at radius 3 is 2.60 bits per heavy atom. The van der Waals surface area contributed by atoms with E-state index in [1.807, 2.05) is 26.8 Å². The fourth-order valence-corrected chi connectivity index (χ4v) is 4.30. The van der Waals surface area contributed by atoms with Crippen LogP contribution in [-0.4, -0.2) is 43.4 Å². The highest BCUT2D eigenvalue weighted by molar-refractivity contribution is 9.09. The lowest BCUT2D eigenvalue weighted by Crippen LogP contribution is -2.49. The first kappa shape index (κ1) is 15.9. The van der Waals surface area contributed by atoms with Crippen molar-refractivity contribution in [3.8, 4) is 0 Å². The van der Waals surface area contributed by atoms with E-state index in [-0.39, 0.29) is 12.2 Å². The smallest absolute Gasteiger partial charge is 0.243 e. The Bertz CT molecular complexity index is 588. The summed E-state index contributed by atoms with van der Waals surface area (Å²) in [7, 11) is -3.44. The van der Waals surface area contributed by atoms with Gasteiger partial charge in [-0.25, -0.2) is 8.42 Å². The molecule has 2 rings (SSSR count). The molecule has 2 unspecified atom stereocenters. The number of halogens is 1. The van der Waals surface area contributed by atoms with Crippen molar-refractivity contribution in [2.24, 2.45) is 0 Å². The minimum Gasteiger partial charge on any atom is -0.372 e. The molecule has 0 amide bonds. The molecule has 0 saturated carbocycles. The summed E-state index contributed by atoms with van der Waals surface area (Å²) in [5, 5.41) is 0.635. The van der Waals surface area contributed by atoms with Crippen molar-refractivity contribution in [2.45, 2.75) is 37.9 Å². The number of nitrogens with zero attached hydrogens (tertiary/aromatic N) is 1. The van der Waals surface area contributed by atoms with E-state index in [2.05, 4.69) is 15.9 Å². The first-order chi connectivity index (χ1) is 9.34. The number of ether oxygens (including phenoxy) is 1. The monoisotopic (exact) mass is 361 g/mol. The molecule has 1 aliphatic rings. The molecule has 1 aliphatic heterocycles. The Labute approximate surface area is 129 Å². The van der Waals surface area contributed by atoms with Gasteiger partial charge in [0.1, 0.15) is 0 Å². The van der Waals surface area contributed by atoms with Crippen LogP contribution in [-0.2, 0) is 14.8 Å². The van der Waals surface area contributed by atoms with Gasteiger partial charge in [0.05, 0.1) is 17.1 Å². The van der Waals surface area contributed by atoms with Crippen LogP contribution in [0.25, 0.3) is 0 Å². The predicted molar refractivity (Wildman–Crippen MR) is 82.8 cm³/mol. The van der Waals surface area contributed by atoms with Gasteiger partial charge in [0.15, 0.2) is 0 Å². The van der Waals surface area contributed by atoms with E-state index < -0.39 is 10.0 Å². The van der Waals surface area contributed by atoms with Crippen LogP contribution in [0, 0.1) is 13.8 Å². The summed E-state index contributed by atoms with van der Waals surface area (Å²) in [6.45, 7) is 6.60. The molecular formula is C14H20BrNO3S. The van der Waals surface area contributed by atoms with Gasteiger partial charge in [0, 0.05) is 18.4 Å². The van der Waals surface area contributed by atoms with E-state index in [4.69, 9.17) is 4.74 Å². The van der Waals surface area contributed by atoms with Crippen molar-refractivity contribution in [2.75, 3.05) is 18.4 Å². The van der Waals surface area contributed by atoms with E-state index in [1.54, 1.807) is 12.1 Å². The number of benzene rings is 1. The molecule has 1 heterocycles. The first-order valence-corrected chi connectivity index (χ1v) is 9.19. The van der Waals surface area contributed by atoms with E-state index in [0.29, 0.717) is 23.3 Å². The van der Waals surface area contributed by atoms with Gasteiger partial charge < -0.3 is 4.74 Å². The van der Waals surface area contributed by atoms with Crippen molar-refractivity contribution >= 4 is 26.0 Å². The van der Waals surface area contributed by atoms with Crippen LogP contribution in [0.3, 0.4) is 0 Å². The third-order valence-corrected chi connectivity index (χ3v) is 6.13. The summed E-state index contributed by atoms with van der Waals surface area (Å²) in [4.78, 5) is 0.364. The number of aryl methyl sites for hydroxylation is 2. The molecule has 20 heavy (non-hydrogen) atoms. The Kier molecular flexibility index (Phi) is 4.89. The Hall–Kier alpha value is -0.430. The molecule has 6 heteroatoms. The van der Waals surface area contributed by atoms with Crippen LogP contribution < -0.4 is 0 Å². The summed E-state index contributed by atoms with van der Waals surface area (Å²) >= 11 is 3.36. The molecule has 2 atom stereocenters. The molecule has 0 spiro atoms. The van der Waals surface area contributed by atoms with Crippen molar-refractivity contribution in [3.63, 3.8) is 0 Å². The number of sulfonamides is 1. The third-order valence-electron chi connectivity index (χ3n) is 3.58. The summed E-state index contributed by atoms with van der Waals surface area (Å²) < 4.78 is 32.6. The Balaban J connectivity index is 2.31. The van der Waals surface area contributed by atoms with Crippen molar-refractivity contribution in [3.05, 3.63) is 29.3 Å². The zero-order valence-corrected chi connectivity index (χ0v) is 14.4. The zero-order chi connectivity index (χ0) is 14.9. The van der Waals surface area contributed by atoms with Gasteiger partial charge in [-0.05, 0) is 44.0 Å². The van der Waals surface area contributed by atoms with E-state index in [1.165, 1.54) is 4.31 Å². The summed E-state index contributed by atoms with van der Waals surface area (Å²) in [6.07, 6.45) is -0.187. The molecule has 1 aromatic rings. The molecule has 0 aliphatic carbocycles. The lowest BCUT2D eigenvalue weighted by molar-refractivity contribution is -0.0411. The van der Waals surface area contributed by atoms with Crippen LogP contribution in [0.2, 0.25) is 0 Å². The van der Waals surface area contributed by atoms with Gasteiger partial charge in [0.25, 0.3) is 0 Å². The zero-order valence-electron chi connectivity index (χ0n) is 12.0. The maximum absolute atomic E-state index is 12.7. The van der Waals surface area contributed by atoms with Crippen LogP contribution in [0.15, 0.2) is 23.1 Å². The topological polar surface area (TPSA) is 46.6 Å². The fourth-order valence-electron chi connectivity index (χ4n) is 2.31. The summed E-state index contributed by atoms with van der Waals surface area (Å²) in [5.41, 5.74) is 2.09. The van der Waals surface area contributed by atoms with Crippen LogP contribution in [0.1, 0.15) is 18.1 Å². The third kappa shape index (κ3) is 3.24. The molecule has 0 bridgehead atoms. The quantitative estimate of drug-likeness (QED) is 0.777. The van der Waals surface area contributed by atoms with Crippen LogP contribution >= 0.6 is 15.9 Å². The second-order valence-electron chi connectivity index (χ2n) is 5.29. The van der Waals surface area contributed by atoms with Gasteiger partial charge >= 0.3 is 0 Å². The number of alkyl halides is 1. The second kappa shape index (κ2) is 6.13. The van der Waals surface area contributed by atoms with Crippen molar-refractivity contribution in [1.29, 1.82) is 0 Å². The highest BCUT2D eigenvalue weighted by Gasteiger charge is 2.33. The molecule has 112 valence electrons. The van der Waals surface area contributed by atoms with Gasteiger partial charge in [-0.15, -0.1) is 0 Å². The molecule has 0 aromatic heterocycles. The first-order valence-electron chi connectivity index (χ1n) is 6.63. The Morgan fingerprint density at radius 1 is 1.30 bits per heavy atom. The van der Waals surface area contributed by atoms with Gasteiger partial charge in [-0.3, -0.25) is 0 Å². The standard InChI is InChI=1S/C14H20BrNO3S/c1-10-4-5-14(6-11(10)2)20(17,18)16-8-12(3)19-13(7-15)9-16/h4-6,12-13H,7-9H2,1-3H3. The Morgan fingerprint density at radius 2 is 2.00 bits per heavy atom. The molecular weight excluding hydrogens is 342 g/mol. The molecule has 0 radical (unpaired) electrons. The number of morpholine rings is 1. The fraction of sp³-hybridized carbons (Fsp3) is 0.571. The molecule has 1 fully saturated rings. The second-order valence-corrected chi connectivity index (χ2v) is 7.88. The van der Waals surface area contributed by atoms with Gasteiger partial charge in [-0.1, -0.05) is 22.0 Å². The summed E-state index contributed by atoms with van der Waals surface area (Å²) in [6, 6.07) is 5.28. The number of hydrogen-bond donors (Lipinski definition) is 0. The van der Waals surface area contributed by atoms with Crippen LogP contribution in [0.5, 0.6) is 0 Å². The molecule has 1 saturated heterocycles. The average Bonchev–Trinajstić information content (AvgIpc) is 2.41.